The number of nitro groups is 1. The fourth-order valence-corrected chi connectivity index (χ4v) is 2.31. The van der Waals surface area contributed by atoms with E-state index >= 15 is 0 Å². The summed E-state index contributed by atoms with van der Waals surface area (Å²) in [6.45, 7) is 2.88. The van der Waals surface area contributed by atoms with Crippen molar-refractivity contribution in [3.8, 4) is 0 Å². The van der Waals surface area contributed by atoms with Crippen LogP contribution in [0.15, 0.2) is 48.5 Å². The molecule has 0 saturated heterocycles. The van der Waals surface area contributed by atoms with Gasteiger partial charge in [0, 0.05) is 23.2 Å². The predicted octanol–water partition coefficient (Wildman–Crippen LogP) is 4.14. The van der Waals surface area contributed by atoms with Crippen molar-refractivity contribution in [2.24, 2.45) is 0 Å². The monoisotopic (exact) mass is 304 g/mol. The Hall–Kier alpha value is -1.91. The molecule has 0 aromatic heterocycles. The van der Waals surface area contributed by atoms with Crippen molar-refractivity contribution in [1.29, 1.82) is 0 Å². The Kier molecular flexibility index (Phi) is 5.31. The van der Waals surface area contributed by atoms with Crippen molar-refractivity contribution in [3.63, 3.8) is 0 Å². The minimum atomic E-state index is -0.386. The van der Waals surface area contributed by atoms with Gasteiger partial charge in [0.15, 0.2) is 0 Å². The van der Waals surface area contributed by atoms with E-state index in [9.17, 15) is 10.1 Å². The van der Waals surface area contributed by atoms with E-state index in [4.69, 9.17) is 11.6 Å². The van der Waals surface area contributed by atoms with E-state index in [0.29, 0.717) is 0 Å². The first-order chi connectivity index (χ1) is 10.1. The lowest BCUT2D eigenvalue weighted by Gasteiger charge is -2.14. The van der Waals surface area contributed by atoms with Crippen LogP contribution in [0.5, 0.6) is 0 Å². The molecule has 0 unspecified atom stereocenters. The molecule has 2 aromatic carbocycles. The fourth-order valence-electron chi connectivity index (χ4n) is 2.11. The second-order valence-corrected chi connectivity index (χ2v) is 5.34. The first-order valence-electron chi connectivity index (χ1n) is 6.78. The molecule has 0 fully saturated rings. The van der Waals surface area contributed by atoms with E-state index in [1.54, 1.807) is 12.1 Å². The molecule has 0 heterocycles. The third-order valence-electron chi connectivity index (χ3n) is 3.36. The molecule has 4 nitrogen and oxygen atoms in total. The normalized spacial score (nSPS) is 12.1. The lowest BCUT2D eigenvalue weighted by molar-refractivity contribution is -0.384. The van der Waals surface area contributed by atoms with Crippen LogP contribution < -0.4 is 5.32 Å². The Balaban J connectivity index is 1.85. The van der Waals surface area contributed by atoms with Gasteiger partial charge in [-0.25, -0.2) is 0 Å². The lowest BCUT2D eigenvalue weighted by atomic mass is 10.1. The summed E-state index contributed by atoms with van der Waals surface area (Å²) in [7, 11) is 0. The van der Waals surface area contributed by atoms with Crippen molar-refractivity contribution in [2.45, 2.75) is 19.4 Å². The molecule has 0 aliphatic heterocycles. The molecular weight excluding hydrogens is 288 g/mol. The van der Waals surface area contributed by atoms with Crippen LogP contribution in [0, 0.1) is 10.1 Å². The van der Waals surface area contributed by atoms with Crippen LogP contribution in [0.4, 0.5) is 5.69 Å². The molecule has 21 heavy (non-hydrogen) atoms. The molecule has 2 aromatic rings. The van der Waals surface area contributed by atoms with Crippen LogP contribution in [-0.2, 0) is 6.42 Å². The molecule has 0 aliphatic rings. The van der Waals surface area contributed by atoms with E-state index in [1.807, 2.05) is 24.3 Å². The van der Waals surface area contributed by atoms with Gasteiger partial charge in [-0.15, -0.1) is 0 Å². The van der Waals surface area contributed by atoms with Gasteiger partial charge in [0.2, 0.25) is 0 Å². The van der Waals surface area contributed by atoms with Crippen molar-refractivity contribution in [1.82, 2.24) is 5.32 Å². The zero-order valence-corrected chi connectivity index (χ0v) is 12.5. The van der Waals surface area contributed by atoms with Crippen molar-refractivity contribution >= 4 is 17.3 Å². The molecule has 0 aliphatic carbocycles. The largest absolute Gasteiger partial charge is 0.310 e. The highest BCUT2D eigenvalue weighted by Crippen LogP contribution is 2.17. The molecule has 0 radical (unpaired) electrons. The Labute approximate surface area is 128 Å². The summed E-state index contributed by atoms with van der Waals surface area (Å²) >= 11 is 5.98. The maximum absolute atomic E-state index is 10.6. The molecule has 5 heteroatoms. The summed E-state index contributed by atoms with van der Waals surface area (Å²) in [4.78, 5) is 10.2. The Bertz CT molecular complexity index is 614. The van der Waals surface area contributed by atoms with Gasteiger partial charge in [0.05, 0.1) is 4.92 Å². The zero-order chi connectivity index (χ0) is 15.2. The quantitative estimate of drug-likeness (QED) is 0.644. The molecule has 0 amide bonds. The van der Waals surface area contributed by atoms with Gasteiger partial charge in [-0.3, -0.25) is 10.1 Å². The number of hydrogen-bond donors (Lipinski definition) is 1. The number of rotatable bonds is 6. The Morgan fingerprint density at radius 1 is 1.24 bits per heavy atom. The highest BCUT2D eigenvalue weighted by Gasteiger charge is 2.06. The third kappa shape index (κ3) is 4.55. The maximum atomic E-state index is 10.6. The third-order valence-corrected chi connectivity index (χ3v) is 3.60. The van der Waals surface area contributed by atoms with E-state index < -0.39 is 0 Å². The fraction of sp³-hybridized carbons (Fsp3) is 0.250. The van der Waals surface area contributed by atoms with Gasteiger partial charge in [0.1, 0.15) is 0 Å². The smallest absolute Gasteiger partial charge is 0.269 e. The summed E-state index contributed by atoms with van der Waals surface area (Å²) in [5.74, 6) is 0. The van der Waals surface area contributed by atoms with Crippen molar-refractivity contribution in [2.75, 3.05) is 6.54 Å². The van der Waals surface area contributed by atoms with Crippen LogP contribution >= 0.6 is 11.6 Å². The van der Waals surface area contributed by atoms with E-state index in [0.717, 1.165) is 29.1 Å². The molecule has 0 bridgehead atoms. The molecule has 2 rings (SSSR count). The summed E-state index contributed by atoms with van der Waals surface area (Å²) in [6.07, 6.45) is 0.822. The summed E-state index contributed by atoms with van der Waals surface area (Å²) in [5, 5.41) is 14.7. The van der Waals surface area contributed by atoms with Crippen LogP contribution in [0.3, 0.4) is 0 Å². The zero-order valence-electron chi connectivity index (χ0n) is 11.8. The maximum Gasteiger partial charge on any atom is 0.269 e. The van der Waals surface area contributed by atoms with Gasteiger partial charge >= 0.3 is 0 Å². The minimum absolute atomic E-state index is 0.124. The Morgan fingerprint density at radius 2 is 1.95 bits per heavy atom. The van der Waals surface area contributed by atoms with Crippen LogP contribution in [0.25, 0.3) is 0 Å². The molecule has 0 saturated carbocycles. The molecule has 0 spiro atoms. The highest BCUT2D eigenvalue weighted by molar-refractivity contribution is 6.30. The number of hydrogen-bond acceptors (Lipinski definition) is 3. The SMILES string of the molecule is C[C@H](NCCc1ccc([N+](=O)[O-])cc1)c1cccc(Cl)c1. The van der Waals surface area contributed by atoms with Crippen LogP contribution in [0.2, 0.25) is 5.02 Å². The Morgan fingerprint density at radius 3 is 2.57 bits per heavy atom. The summed E-state index contributed by atoms with van der Waals surface area (Å²) in [6, 6.07) is 14.7. The van der Waals surface area contributed by atoms with Crippen molar-refractivity contribution < 1.29 is 4.92 Å². The number of halogens is 1. The first-order valence-corrected chi connectivity index (χ1v) is 7.16. The van der Waals surface area contributed by atoms with Gasteiger partial charge in [-0.2, -0.15) is 0 Å². The predicted molar refractivity (Wildman–Crippen MR) is 84.7 cm³/mol. The van der Waals surface area contributed by atoms with E-state index in [-0.39, 0.29) is 16.7 Å². The summed E-state index contributed by atoms with van der Waals surface area (Å²) in [5.41, 5.74) is 2.34. The average Bonchev–Trinajstić information content (AvgIpc) is 2.47. The molecular formula is C16H17ClN2O2. The molecule has 1 N–H and O–H groups in total. The number of nitrogens with one attached hydrogen (secondary N) is 1. The number of nitro benzene ring substituents is 1. The number of non-ortho nitro benzene ring substituents is 1. The topological polar surface area (TPSA) is 55.2 Å². The van der Waals surface area contributed by atoms with Gasteiger partial charge in [0.25, 0.3) is 5.69 Å². The van der Waals surface area contributed by atoms with Gasteiger partial charge in [-0.05, 0) is 43.1 Å². The minimum Gasteiger partial charge on any atom is -0.310 e. The molecule has 110 valence electrons. The second-order valence-electron chi connectivity index (χ2n) is 4.90. The standard InChI is InChI=1S/C16H17ClN2O2/c1-12(14-3-2-4-15(17)11-14)18-10-9-13-5-7-16(8-6-13)19(20)21/h2-8,11-12,18H,9-10H2,1H3/t12-/m0/s1. The van der Waals surface area contributed by atoms with E-state index in [1.165, 1.54) is 12.1 Å². The van der Waals surface area contributed by atoms with Crippen LogP contribution in [-0.4, -0.2) is 11.5 Å². The first kappa shape index (κ1) is 15.5. The average molecular weight is 305 g/mol. The molecule has 1 atom stereocenters. The number of benzene rings is 2. The number of nitrogens with zero attached hydrogens (tertiary/aromatic N) is 1. The highest BCUT2D eigenvalue weighted by atomic mass is 35.5. The second kappa shape index (κ2) is 7.20. The summed E-state index contributed by atoms with van der Waals surface area (Å²) < 4.78 is 0. The van der Waals surface area contributed by atoms with Crippen molar-refractivity contribution in [3.05, 3.63) is 74.8 Å². The van der Waals surface area contributed by atoms with Gasteiger partial charge in [-0.1, -0.05) is 35.9 Å². The van der Waals surface area contributed by atoms with Gasteiger partial charge < -0.3 is 5.32 Å². The van der Waals surface area contributed by atoms with Crippen LogP contribution in [0.1, 0.15) is 24.1 Å². The lowest BCUT2D eigenvalue weighted by Crippen LogP contribution is -2.21. The van der Waals surface area contributed by atoms with E-state index in [2.05, 4.69) is 12.2 Å².